The lowest BCUT2D eigenvalue weighted by molar-refractivity contribution is -0.891. The summed E-state index contributed by atoms with van der Waals surface area (Å²) in [5, 5.41) is 11.5. The molecule has 6 nitrogen and oxygen atoms in total. The molecule has 1 heterocycles. The van der Waals surface area contributed by atoms with Crippen molar-refractivity contribution in [1.82, 2.24) is 0 Å². The van der Waals surface area contributed by atoms with E-state index in [0.29, 0.717) is 29.6 Å². The molecule has 1 aliphatic carbocycles. The Morgan fingerprint density at radius 1 is 1.18 bits per heavy atom. The largest absolute Gasteiger partial charge is 0.462 e. The van der Waals surface area contributed by atoms with Gasteiger partial charge in [0.15, 0.2) is 18.2 Å². The molecule has 1 saturated carbocycles. The van der Waals surface area contributed by atoms with Crippen molar-refractivity contribution in [2.45, 2.75) is 50.7 Å². The third kappa shape index (κ3) is 4.39. The molecule has 154 valence electrons. The number of carbonyl (C=O) groups excluding carboxylic acids is 2. The number of hydrogen-bond donors (Lipinski definition) is 1. The molecule has 2 aliphatic rings. The highest BCUT2D eigenvalue weighted by Gasteiger charge is 2.50. The Bertz CT molecular complexity index is 687. The summed E-state index contributed by atoms with van der Waals surface area (Å²) in [5.41, 5.74) is -1.00. The Balaban J connectivity index is 1.70. The summed E-state index contributed by atoms with van der Waals surface area (Å²) < 4.78 is 11.4. The second-order valence-electron chi connectivity index (χ2n) is 8.42. The van der Waals surface area contributed by atoms with E-state index in [9.17, 15) is 14.7 Å². The zero-order valence-corrected chi connectivity index (χ0v) is 16.9. The third-order valence-corrected chi connectivity index (χ3v) is 6.20. The summed E-state index contributed by atoms with van der Waals surface area (Å²) in [6, 6.07) is 9.15. The Kier molecular flexibility index (Phi) is 6.40. The van der Waals surface area contributed by atoms with Crippen molar-refractivity contribution in [1.29, 1.82) is 0 Å². The van der Waals surface area contributed by atoms with Gasteiger partial charge in [-0.05, 0) is 25.3 Å². The maximum Gasteiger partial charge on any atom is 0.361 e. The molecule has 28 heavy (non-hydrogen) atoms. The lowest BCUT2D eigenvalue weighted by atomic mass is 9.80. The second kappa shape index (κ2) is 8.62. The van der Waals surface area contributed by atoms with Gasteiger partial charge >= 0.3 is 11.9 Å². The fourth-order valence-electron chi connectivity index (χ4n) is 4.69. The van der Waals surface area contributed by atoms with Crippen LogP contribution in [0, 0.1) is 5.92 Å². The molecule has 3 atom stereocenters. The first kappa shape index (κ1) is 20.8. The number of rotatable bonds is 7. The van der Waals surface area contributed by atoms with E-state index in [1.165, 1.54) is 0 Å². The molecule has 1 aromatic rings. The van der Waals surface area contributed by atoms with Crippen molar-refractivity contribution < 1.29 is 28.7 Å². The van der Waals surface area contributed by atoms with Crippen LogP contribution in [0.3, 0.4) is 0 Å². The van der Waals surface area contributed by atoms with Crippen molar-refractivity contribution in [3.63, 3.8) is 0 Å². The number of carbonyl (C=O) groups is 2. The van der Waals surface area contributed by atoms with Gasteiger partial charge in [0.05, 0.1) is 20.2 Å². The van der Waals surface area contributed by atoms with Crippen LogP contribution in [0.1, 0.15) is 44.6 Å². The maximum absolute atomic E-state index is 13.2. The lowest BCUT2D eigenvalue weighted by Crippen LogP contribution is -2.48. The normalized spacial score (nSPS) is 27.3. The molecule has 1 saturated heterocycles. The van der Waals surface area contributed by atoms with Gasteiger partial charge in [0, 0.05) is 12.3 Å². The van der Waals surface area contributed by atoms with Crippen LogP contribution in [0.4, 0.5) is 0 Å². The number of hydrogen-bond acceptors (Lipinski definition) is 5. The molecular formula is C22H32NO5+. The predicted molar refractivity (Wildman–Crippen MR) is 104 cm³/mol. The Morgan fingerprint density at radius 2 is 1.86 bits per heavy atom. The van der Waals surface area contributed by atoms with Crippen LogP contribution in [0.25, 0.3) is 0 Å². The van der Waals surface area contributed by atoms with Crippen molar-refractivity contribution in [2.24, 2.45) is 5.92 Å². The first-order valence-corrected chi connectivity index (χ1v) is 10.4. The smallest absolute Gasteiger partial charge is 0.361 e. The van der Waals surface area contributed by atoms with Crippen molar-refractivity contribution >= 4 is 11.9 Å². The van der Waals surface area contributed by atoms with E-state index < -0.39 is 11.6 Å². The van der Waals surface area contributed by atoms with Crippen LogP contribution < -0.4 is 0 Å². The molecule has 6 heteroatoms. The summed E-state index contributed by atoms with van der Waals surface area (Å²) in [4.78, 5) is 25.0. The SMILES string of the molecule is CCOC(=O)C[N+]1(C)CC[C@@H](OC(=O)[C@](O)(c2ccccc2)C2CCCC2)C1. The van der Waals surface area contributed by atoms with Gasteiger partial charge in [0.25, 0.3) is 0 Å². The predicted octanol–water partition coefficient (Wildman–Crippen LogP) is 2.39. The molecule has 0 amide bonds. The Hall–Kier alpha value is -1.92. The number of esters is 2. The number of likely N-dealkylation sites (N-methyl/N-ethyl adjacent to an activating group) is 1. The first-order chi connectivity index (χ1) is 13.4. The Labute approximate surface area is 167 Å². The van der Waals surface area contributed by atoms with Gasteiger partial charge in [-0.1, -0.05) is 43.2 Å². The fraction of sp³-hybridized carbons (Fsp3) is 0.636. The first-order valence-electron chi connectivity index (χ1n) is 10.4. The minimum Gasteiger partial charge on any atom is -0.462 e. The van der Waals surface area contributed by atoms with Gasteiger partial charge in [-0.2, -0.15) is 0 Å². The van der Waals surface area contributed by atoms with E-state index in [0.717, 1.165) is 32.2 Å². The van der Waals surface area contributed by atoms with Crippen LogP contribution in [-0.2, 0) is 24.7 Å². The maximum atomic E-state index is 13.2. The van der Waals surface area contributed by atoms with Gasteiger partial charge in [0.2, 0.25) is 0 Å². The van der Waals surface area contributed by atoms with Crippen molar-refractivity contribution in [3.8, 4) is 0 Å². The summed E-state index contributed by atoms with van der Waals surface area (Å²) in [6.45, 7) is 3.72. The molecule has 0 spiro atoms. The average Bonchev–Trinajstić information content (AvgIpc) is 3.32. The molecule has 2 fully saturated rings. The third-order valence-electron chi connectivity index (χ3n) is 6.20. The fourth-order valence-corrected chi connectivity index (χ4v) is 4.69. The molecular weight excluding hydrogens is 358 g/mol. The lowest BCUT2D eigenvalue weighted by Gasteiger charge is -2.33. The van der Waals surface area contributed by atoms with E-state index >= 15 is 0 Å². The summed E-state index contributed by atoms with van der Waals surface area (Å²) >= 11 is 0. The van der Waals surface area contributed by atoms with E-state index in [1.807, 2.05) is 25.2 Å². The summed E-state index contributed by atoms with van der Waals surface area (Å²) in [5.74, 6) is -0.909. The summed E-state index contributed by atoms with van der Waals surface area (Å²) in [6.07, 6.45) is 4.06. The van der Waals surface area contributed by atoms with Crippen LogP contribution in [0.5, 0.6) is 0 Å². The zero-order valence-electron chi connectivity index (χ0n) is 16.9. The van der Waals surface area contributed by atoms with Crippen LogP contribution in [0.15, 0.2) is 30.3 Å². The monoisotopic (exact) mass is 390 g/mol. The topological polar surface area (TPSA) is 72.8 Å². The molecule has 0 aromatic heterocycles. The molecule has 0 bridgehead atoms. The van der Waals surface area contributed by atoms with Crippen molar-refractivity contribution in [2.75, 3.05) is 33.3 Å². The quantitative estimate of drug-likeness (QED) is 0.572. The Morgan fingerprint density at radius 3 is 2.50 bits per heavy atom. The van der Waals surface area contributed by atoms with E-state index in [1.54, 1.807) is 19.1 Å². The average molecular weight is 391 g/mol. The minimum absolute atomic E-state index is 0.121. The number of nitrogens with zero attached hydrogens (tertiary/aromatic N) is 1. The molecule has 1 aliphatic heterocycles. The number of benzene rings is 1. The highest BCUT2D eigenvalue weighted by Crippen LogP contribution is 2.42. The zero-order chi connectivity index (χ0) is 20.2. The van der Waals surface area contributed by atoms with E-state index in [4.69, 9.17) is 9.47 Å². The highest BCUT2D eigenvalue weighted by atomic mass is 16.6. The summed E-state index contributed by atoms with van der Waals surface area (Å²) in [7, 11) is 1.98. The standard InChI is InChI=1S/C22H32NO5/c1-3-27-20(24)16-23(2)14-13-19(15-23)28-21(25)22(26,18-11-7-8-12-18)17-9-5-4-6-10-17/h4-6,9-10,18-19,26H,3,7-8,11-16H2,1-2H3/q+1/t19-,22+,23?/m1/s1. The number of ether oxygens (including phenoxy) is 2. The number of quaternary nitrogens is 1. The molecule has 1 unspecified atom stereocenters. The van der Waals surface area contributed by atoms with Gasteiger partial charge in [0.1, 0.15) is 6.54 Å². The second-order valence-corrected chi connectivity index (χ2v) is 8.42. The molecule has 1 N–H and O–H groups in total. The number of aliphatic hydroxyl groups is 1. The van der Waals surface area contributed by atoms with E-state index in [-0.39, 0.29) is 24.5 Å². The van der Waals surface area contributed by atoms with Gasteiger partial charge in [-0.25, -0.2) is 9.59 Å². The van der Waals surface area contributed by atoms with Crippen LogP contribution >= 0.6 is 0 Å². The van der Waals surface area contributed by atoms with Gasteiger partial charge < -0.3 is 19.1 Å². The number of likely N-dealkylation sites (tertiary alicyclic amines) is 1. The van der Waals surface area contributed by atoms with E-state index in [2.05, 4.69) is 0 Å². The van der Waals surface area contributed by atoms with Crippen LogP contribution in [-0.4, -0.2) is 60.9 Å². The minimum atomic E-state index is -1.61. The highest BCUT2D eigenvalue weighted by molar-refractivity contribution is 5.81. The van der Waals surface area contributed by atoms with Gasteiger partial charge in [-0.15, -0.1) is 0 Å². The van der Waals surface area contributed by atoms with Crippen molar-refractivity contribution in [3.05, 3.63) is 35.9 Å². The molecule has 0 radical (unpaired) electrons. The molecule has 1 aromatic carbocycles. The molecule has 3 rings (SSSR count). The van der Waals surface area contributed by atoms with Crippen LogP contribution in [0.2, 0.25) is 0 Å². The van der Waals surface area contributed by atoms with Gasteiger partial charge in [-0.3, -0.25) is 0 Å².